The Balaban J connectivity index is 2.09. The van der Waals surface area contributed by atoms with Crippen LogP contribution in [0.3, 0.4) is 0 Å². The molecule has 0 heterocycles. The summed E-state index contributed by atoms with van der Waals surface area (Å²) in [5, 5.41) is 2.87. The monoisotopic (exact) mass is 398 g/mol. The molecule has 0 aliphatic carbocycles. The summed E-state index contributed by atoms with van der Waals surface area (Å²) in [6.45, 7) is 6.99. The number of thioether (sulfide) groups is 1. The molecule has 5 heteroatoms. The number of aryl methyl sites for hydroxylation is 1. The number of hydrogen-bond acceptors (Lipinski definition) is 3. The molecule has 0 aliphatic rings. The van der Waals surface area contributed by atoms with Crippen molar-refractivity contribution >= 4 is 23.6 Å². The van der Waals surface area contributed by atoms with Crippen molar-refractivity contribution in [1.29, 1.82) is 0 Å². The highest BCUT2D eigenvalue weighted by Crippen LogP contribution is 2.20. The number of amides is 2. The Morgan fingerprint density at radius 3 is 2.32 bits per heavy atom. The predicted octanol–water partition coefficient (Wildman–Crippen LogP) is 4.07. The van der Waals surface area contributed by atoms with E-state index >= 15 is 0 Å². The van der Waals surface area contributed by atoms with Crippen LogP contribution in [-0.2, 0) is 16.0 Å². The molecule has 0 spiro atoms. The second-order valence-electron chi connectivity index (χ2n) is 6.74. The maximum atomic E-state index is 13.0. The topological polar surface area (TPSA) is 49.4 Å². The van der Waals surface area contributed by atoms with E-state index in [9.17, 15) is 9.59 Å². The van der Waals surface area contributed by atoms with Crippen LogP contribution >= 0.6 is 11.8 Å². The molecule has 0 bridgehead atoms. The maximum Gasteiger partial charge on any atom is 0.242 e. The third kappa shape index (κ3) is 6.71. The fourth-order valence-electron chi connectivity index (χ4n) is 3.05. The van der Waals surface area contributed by atoms with Crippen LogP contribution in [0.2, 0.25) is 0 Å². The minimum absolute atomic E-state index is 0.000362. The summed E-state index contributed by atoms with van der Waals surface area (Å²) in [4.78, 5) is 28.4. The maximum absolute atomic E-state index is 13.0. The highest BCUT2D eigenvalue weighted by molar-refractivity contribution is 8.00. The van der Waals surface area contributed by atoms with E-state index in [1.54, 1.807) is 4.90 Å². The Bertz CT molecular complexity index is 747. The van der Waals surface area contributed by atoms with Crippen molar-refractivity contribution in [1.82, 2.24) is 10.2 Å². The number of nitrogens with one attached hydrogen (secondary N) is 1. The van der Waals surface area contributed by atoms with Crippen molar-refractivity contribution in [2.45, 2.75) is 44.6 Å². The first-order valence-corrected chi connectivity index (χ1v) is 10.8. The van der Waals surface area contributed by atoms with E-state index in [-0.39, 0.29) is 11.8 Å². The zero-order chi connectivity index (χ0) is 20.4. The quantitative estimate of drug-likeness (QED) is 0.614. The van der Waals surface area contributed by atoms with Gasteiger partial charge in [0.1, 0.15) is 6.04 Å². The van der Waals surface area contributed by atoms with E-state index in [2.05, 4.69) is 17.4 Å². The summed E-state index contributed by atoms with van der Waals surface area (Å²) < 4.78 is 0. The lowest BCUT2D eigenvalue weighted by Crippen LogP contribution is -2.50. The van der Waals surface area contributed by atoms with Gasteiger partial charge in [-0.2, -0.15) is 0 Å². The van der Waals surface area contributed by atoms with Gasteiger partial charge in [-0.25, -0.2) is 0 Å². The van der Waals surface area contributed by atoms with E-state index < -0.39 is 6.04 Å². The van der Waals surface area contributed by atoms with E-state index in [1.165, 1.54) is 17.3 Å². The molecule has 2 amide bonds. The SMILES string of the molecule is CCNC(=O)[C@@H](CC)N(CCc1ccccc1)C(=O)CSc1ccc(C)cc1. The van der Waals surface area contributed by atoms with Crippen molar-refractivity contribution in [3.8, 4) is 0 Å². The first-order valence-electron chi connectivity index (χ1n) is 9.85. The van der Waals surface area contributed by atoms with Crippen LogP contribution < -0.4 is 5.32 Å². The smallest absolute Gasteiger partial charge is 0.242 e. The second-order valence-corrected chi connectivity index (χ2v) is 7.79. The number of hydrogen-bond donors (Lipinski definition) is 1. The van der Waals surface area contributed by atoms with Crippen molar-refractivity contribution in [2.75, 3.05) is 18.8 Å². The van der Waals surface area contributed by atoms with Gasteiger partial charge < -0.3 is 10.2 Å². The molecule has 0 saturated carbocycles. The lowest BCUT2D eigenvalue weighted by Gasteiger charge is -2.30. The number of benzene rings is 2. The van der Waals surface area contributed by atoms with Crippen LogP contribution in [0.25, 0.3) is 0 Å². The molecule has 1 atom stereocenters. The van der Waals surface area contributed by atoms with Gasteiger partial charge in [0.25, 0.3) is 0 Å². The number of carbonyl (C=O) groups is 2. The van der Waals surface area contributed by atoms with Crippen LogP contribution in [0.1, 0.15) is 31.4 Å². The van der Waals surface area contributed by atoms with Gasteiger partial charge in [-0.1, -0.05) is 55.0 Å². The Kier molecular flexibility index (Phi) is 9.08. The van der Waals surface area contributed by atoms with E-state index in [0.717, 1.165) is 16.9 Å². The van der Waals surface area contributed by atoms with Crippen molar-refractivity contribution in [3.05, 3.63) is 65.7 Å². The average Bonchev–Trinajstić information content (AvgIpc) is 2.71. The van der Waals surface area contributed by atoms with Crippen LogP contribution in [0.5, 0.6) is 0 Å². The largest absolute Gasteiger partial charge is 0.355 e. The predicted molar refractivity (Wildman–Crippen MR) is 117 cm³/mol. The normalized spacial score (nSPS) is 11.7. The molecule has 0 unspecified atom stereocenters. The zero-order valence-corrected chi connectivity index (χ0v) is 17.8. The minimum atomic E-state index is -0.435. The molecule has 28 heavy (non-hydrogen) atoms. The molecule has 0 aliphatic heterocycles. The van der Waals surface area contributed by atoms with Gasteiger partial charge in [0.05, 0.1) is 5.75 Å². The summed E-state index contributed by atoms with van der Waals surface area (Å²) >= 11 is 1.52. The Hall–Kier alpha value is -2.27. The lowest BCUT2D eigenvalue weighted by atomic mass is 10.1. The van der Waals surface area contributed by atoms with Gasteiger partial charge in [0.15, 0.2) is 0 Å². The summed E-state index contributed by atoms with van der Waals surface area (Å²) in [5.74, 6) is 0.250. The molecular weight excluding hydrogens is 368 g/mol. The molecule has 2 aromatic rings. The molecule has 0 fully saturated rings. The third-order valence-electron chi connectivity index (χ3n) is 4.60. The van der Waals surface area contributed by atoms with E-state index in [0.29, 0.717) is 25.3 Å². The minimum Gasteiger partial charge on any atom is -0.355 e. The van der Waals surface area contributed by atoms with Gasteiger partial charge in [0, 0.05) is 18.0 Å². The Labute approximate surface area is 172 Å². The molecule has 0 aromatic heterocycles. The first-order chi connectivity index (χ1) is 13.5. The van der Waals surface area contributed by atoms with Crippen molar-refractivity contribution in [3.63, 3.8) is 0 Å². The van der Waals surface area contributed by atoms with E-state index in [4.69, 9.17) is 0 Å². The molecule has 4 nitrogen and oxygen atoms in total. The third-order valence-corrected chi connectivity index (χ3v) is 5.60. The van der Waals surface area contributed by atoms with E-state index in [1.807, 2.05) is 63.2 Å². The molecule has 2 rings (SSSR count). The Morgan fingerprint density at radius 2 is 1.71 bits per heavy atom. The van der Waals surface area contributed by atoms with Crippen molar-refractivity contribution < 1.29 is 9.59 Å². The fraction of sp³-hybridized carbons (Fsp3) is 0.391. The average molecular weight is 399 g/mol. The lowest BCUT2D eigenvalue weighted by molar-refractivity contribution is -0.138. The van der Waals surface area contributed by atoms with Gasteiger partial charge in [-0.15, -0.1) is 11.8 Å². The highest BCUT2D eigenvalue weighted by Gasteiger charge is 2.27. The summed E-state index contributed by atoms with van der Waals surface area (Å²) in [5.41, 5.74) is 2.36. The number of carbonyl (C=O) groups excluding carboxylic acids is 2. The van der Waals surface area contributed by atoms with Crippen LogP contribution in [-0.4, -0.2) is 41.6 Å². The Morgan fingerprint density at radius 1 is 1.04 bits per heavy atom. The van der Waals surface area contributed by atoms with Gasteiger partial charge >= 0.3 is 0 Å². The number of nitrogens with zero attached hydrogens (tertiary/aromatic N) is 1. The highest BCUT2D eigenvalue weighted by atomic mass is 32.2. The summed E-state index contributed by atoms with van der Waals surface area (Å²) in [6.07, 6.45) is 1.33. The molecule has 0 saturated heterocycles. The molecule has 150 valence electrons. The molecule has 0 radical (unpaired) electrons. The van der Waals surface area contributed by atoms with Gasteiger partial charge in [0.2, 0.25) is 11.8 Å². The standard InChI is InChI=1S/C23H30N2O2S/c1-4-21(23(27)24-5-2)25(16-15-19-9-7-6-8-10-19)22(26)17-28-20-13-11-18(3)12-14-20/h6-14,21H,4-5,15-17H2,1-3H3,(H,24,27)/t21-/m1/s1. The first kappa shape index (κ1) is 22.0. The van der Waals surface area contributed by atoms with Crippen molar-refractivity contribution in [2.24, 2.45) is 0 Å². The zero-order valence-electron chi connectivity index (χ0n) is 17.0. The van der Waals surface area contributed by atoms with Gasteiger partial charge in [-0.05, 0) is 44.4 Å². The van der Waals surface area contributed by atoms with Crippen LogP contribution in [0.4, 0.5) is 0 Å². The summed E-state index contributed by atoms with van der Waals surface area (Å²) in [7, 11) is 0. The number of likely N-dealkylation sites (N-methyl/N-ethyl adjacent to an activating group) is 1. The molecule has 1 N–H and O–H groups in total. The van der Waals surface area contributed by atoms with Crippen LogP contribution in [0.15, 0.2) is 59.5 Å². The van der Waals surface area contributed by atoms with Crippen LogP contribution in [0, 0.1) is 6.92 Å². The number of rotatable bonds is 10. The fourth-order valence-corrected chi connectivity index (χ4v) is 3.83. The summed E-state index contributed by atoms with van der Waals surface area (Å²) in [6, 6.07) is 17.8. The molecular formula is C23H30N2O2S. The van der Waals surface area contributed by atoms with Gasteiger partial charge in [-0.3, -0.25) is 9.59 Å². The second kappa shape index (κ2) is 11.5. The molecule has 2 aromatic carbocycles.